The van der Waals surface area contributed by atoms with Gasteiger partial charge in [-0.1, -0.05) is 12.2 Å². The fourth-order valence-electron chi connectivity index (χ4n) is 1.64. The SMILES string of the molecule is NC(=S)c1ccc(NCCc2ccc(Br)s2)cc1Br. The molecule has 100 valence electrons. The van der Waals surface area contributed by atoms with Crippen LogP contribution < -0.4 is 11.1 Å². The molecule has 1 aromatic carbocycles. The maximum absolute atomic E-state index is 5.62. The summed E-state index contributed by atoms with van der Waals surface area (Å²) in [5.41, 5.74) is 7.54. The zero-order valence-corrected chi connectivity index (χ0v) is 14.8. The van der Waals surface area contributed by atoms with E-state index in [9.17, 15) is 0 Å². The summed E-state index contributed by atoms with van der Waals surface area (Å²) in [4.78, 5) is 1.76. The molecule has 0 aliphatic heterocycles. The van der Waals surface area contributed by atoms with Gasteiger partial charge in [0.25, 0.3) is 0 Å². The monoisotopic (exact) mass is 418 g/mol. The second-order valence-electron chi connectivity index (χ2n) is 3.94. The molecular weight excluding hydrogens is 408 g/mol. The molecule has 2 nitrogen and oxygen atoms in total. The first-order valence-electron chi connectivity index (χ1n) is 5.63. The lowest BCUT2D eigenvalue weighted by molar-refractivity contribution is 1.04. The first-order chi connectivity index (χ1) is 9.06. The van der Waals surface area contributed by atoms with Gasteiger partial charge in [-0.3, -0.25) is 0 Å². The van der Waals surface area contributed by atoms with Crippen molar-refractivity contribution in [1.82, 2.24) is 0 Å². The van der Waals surface area contributed by atoms with Gasteiger partial charge in [-0.25, -0.2) is 0 Å². The fourth-order valence-corrected chi connectivity index (χ4v) is 4.03. The molecule has 0 bridgehead atoms. The van der Waals surface area contributed by atoms with E-state index < -0.39 is 0 Å². The molecule has 0 unspecified atom stereocenters. The van der Waals surface area contributed by atoms with Gasteiger partial charge >= 0.3 is 0 Å². The minimum Gasteiger partial charge on any atom is -0.389 e. The number of halogens is 2. The largest absolute Gasteiger partial charge is 0.389 e. The maximum Gasteiger partial charge on any atom is 0.105 e. The molecule has 0 saturated heterocycles. The highest BCUT2D eigenvalue weighted by Crippen LogP contribution is 2.23. The van der Waals surface area contributed by atoms with Gasteiger partial charge in [-0.15, -0.1) is 11.3 Å². The van der Waals surface area contributed by atoms with E-state index in [0.29, 0.717) is 4.99 Å². The van der Waals surface area contributed by atoms with E-state index in [1.165, 1.54) is 8.66 Å². The first-order valence-corrected chi connectivity index (χ1v) is 8.45. The van der Waals surface area contributed by atoms with Crippen molar-refractivity contribution in [2.24, 2.45) is 5.73 Å². The summed E-state index contributed by atoms with van der Waals surface area (Å²) < 4.78 is 2.09. The second kappa shape index (κ2) is 6.83. The smallest absolute Gasteiger partial charge is 0.105 e. The Kier molecular flexibility index (Phi) is 5.38. The Balaban J connectivity index is 1.93. The van der Waals surface area contributed by atoms with Crippen LogP contribution in [0.3, 0.4) is 0 Å². The third-order valence-electron chi connectivity index (χ3n) is 2.56. The number of anilines is 1. The van der Waals surface area contributed by atoms with E-state index in [-0.39, 0.29) is 0 Å². The van der Waals surface area contributed by atoms with Crippen molar-refractivity contribution in [2.75, 3.05) is 11.9 Å². The summed E-state index contributed by atoms with van der Waals surface area (Å²) in [6.07, 6.45) is 1.00. The zero-order chi connectivity index (χ0) is 13.8. The van der Waals surface area contributed by atoms with E-state index in [1.807, 2.05) is 18.2 Å². The van der Waals surface area contributed by atoms with Gasteiger partial charge in [0, 0.05) is 27.1 Å². The molecular formula is C13H12Br2N2S2. The van der Waals surface area contributed by atoms with Crippen LogP contribution in [0.1, 0.15) is 10.4 Å². The third-order valence-corrected chi connectivity index (χ3v) is 5.12. The van der Waals surface area contributed by atoms with Crippen molar-refractivity contribution in [1.29, 1.82) is 0 Å². The minimum atomic E-state index is 0.405. The average Bonchev–Trinajstić information content (AvgIpc) is 2.75. The van der Waals surface area contributed by atoms with Crippen LogP contribution in [0.15, 0.2) is 38.6 Å². The van der Waals surface area contributed by atoms with Gasteiger partial charge in [0.1, 0.15) is 4.99 Å². The van der Waals surface area contributed by atoms with E-state index >= 15 is 0 Å². The zero-order valence-electron chi connectivity index (χ0n) is 9.95. The Morgan fingerprint density at radius 2 is 2.05 bits per heavy atom. The van der Waals surface area contributed by atoms with Gasteiger partial charge in [-0.2, -0.15) is 0 Å². The number of thiocarbonyl (C=S) groups is 1. The number of benzene rings is 1. The molecule has 0 radical (unpaired) electrons. The molecule has 0 saturated carbocycles. The summed E-state index contributed by atoms with van der Waals surface area (Å²) >= 11 is 13.7. The molecule has 19 heavy (non-hydrogen) atoms. The van der Waals surface area contributed by atoms with Gasteiger partial charge in [0.15, 0.2) is 0 Å². The molecule has 1 aromatic heterocycles. The lowest BCUT2D eigenvalue weighted by atomic mass is 10.2. The molecule has 0 spiro atoms. The molecule has 0 aliphatic carbocycles. The predicted molar refractivity (Wildman–Crippen MR) is 94.2 cm³/mol. The van der Waals surface area contributed by atoms with Crippen molar-refractivity contribution in [3.05, 3.63) is 49.0 Å². The highest BCUT2D eigenvalue weighted by molar-refractivity contribution is 9.11. The van der Waals surface area contributed by atoms with Crippen molar-refractivity contribution >= 4 is 66.1 Å². The van der Waals surface area contributed by atoms with Crippen LogP contribution in [-0.2, 0) is 6.42 Å². The average molecular weight is 420 g/mol. The van der Waals surface area contributed by atoms with Crippen molar-refractivity contribution in [3.63, 3.8) is 0 Å². The van der Waals surface area contributed by atoms with Crippen molar-refractivity contribution in [2.45, 2.75) is 6.42 Å². The lowest BCUT2D eigenvalue weighted by Gasteiger charge is -2.08. The van der Waals surface area contributed by atoms with E-state index in [2.05, 4.69) is 49.3 Å². The van der Waals surface area contributed by atoms with E-state index in [4.69, 9.17) is 18.0 Å². The standard InChI is InChI=1S/C13H12Br2N2S2/c14-11-7-8(1-3-10(11)13(16)18)17-6-5-9-2-4-12(15)19-9/h1-4,7,17H,5-6H2,(H2,16,18). The first kappa shape index (κ1) is 15.0. The maximum atomic E-state index is 5.62. The second-order valence-corrected chi connectivity index (χ2v) is 7.78. The highest BCUT2D eigenvalue weighted by Gasteiger charge is 2.04. The molecule has 0 amide bonds. The number of thiophene rings is 1. The van der Waals surface area contributed by atoms with E-state index in [0.717, 1.165) is 28.7 Å². The molecule has 0 atom stereocenters. The fraction of sp³-hybridized carbons (Fsp3) is 0.154. The van der Waals surface area contributed by atoms with Crippen LogP contribution in [0.25, 0.3) is 0 Å². The number of hydrogen-bond donors (Lipinski definition) is 2. The van der Waals surface area contributed by atoms with Crippen LogP contribution in [0.5, 0.6) is 0 Å². The third kappa shape index (κ3) is 4.27. The van der Waals surface area contributed by atoms with E-state index in [1.54, 1.807) is 11.3 Å². The summed E-state index contributed by atoms with van der Waals surface area (Å²) in [5.74, 6) is 0. The number of rotatable bonds is 5. The normalized spacial score (nSPS) is 10.4. The summed E-state index contributed by atoms with van der Waals surface area (Å²) in [5, 5.41) is 3.39. The van der Waals surface area contributed by atoms with Crippen LogP contribution in [0.4, 0.5) is 5.69 Å². The number of hydrogen-bond acceptors (Lipinski definition) is 3. The molecule has 6 heteroatoms. The van der Waals surface area contributed by atoms with Crippen LogP contribution in [0, 0.1) is 0 Å². The predicted octanol–water partition coefficient (Wildman–Crippen LogP) is 4.56. The minimum absolute atomic E-state index is 0.405. The Bertz CT molecular complexity index is 596. The highest BCUT2D eigenvalue weighted by atomic mass is 79.9. The molecule has 0 aliphatic rings. The topological polar surface area (TPSA) is 38.0 Å². The molecule has 3 N–H and O–H groups in total. The Labute approximate surface area is 138 Å². The van der Waals surface area contributed by atoms with Crippen LogP contribution in [0.2, 0.25) is 0 Å². The molecule has 0 fully saturated rings. The van der Waals surface area contributed by atoms with Crippen LogP contribution >= 0.6 is 55.4 Å². The summed E-state index contributed by atoms with van der Waals surface area (Å²) in [6, 6.07) is 10.1. The summed E-state index contributed by atoms with van der Waals surface area (Å²) in [7, 11) is 0. The number of nitrogens with two attached hydrogens (primary N) is 1. The molecule has 2 rings (SSSR count). The Hall–Kier alpha value is -0.430. The van der Waals surface area contributed by atoms with Gasteiger partial charge in [-0.05, 0) is 68.6 Å². The quantitative estimate of drug-likeness (QED) is 0.697. The van der Waals surface area contributed by atoms with Crippen molar-refractivity contribution in [3.8, 4) is 0 Å². The van der Waals surface area contributed by atoms with Gasteiger partial charge in [0.2, 0.25) is 0 Å². The molecule has 2 aromatic rings. The van der Waals surface area contributed by atoms with Crippen molar-refractivity contribution < 1.29 is 0 Å². The lowest BCUT2D eigenvalue weighted by Crippen LogP contribution is -2.10. The Morgan fingerprint density at radius 1 is 1.26 bits per heavy atom. The molecule has 1 heterocycles. The Morgan fingerprint density at radius 3 is 2.63 bits per heavy atom. The number of nitrogens with one attached hydrogen (secondary N) is 1. The van der Waals surface area contributed by atoms with Gasteiger partial charge in [0.05, 0.1) is 3.79 Å². The van der Waals surface area contributed by atoms with Gasteiger partial charge < -0.3 is 11.1 Å². The van der Waals surface area contributed by atoms with Crippen LogP contribution in [-0.4, -0.2) is 11.5 Å². The summed E-state index contributed by atoms with van der Waals surface area (Å²) in [6.45, 7) is 0.895.